The summed E-state index contributed by atoms with van der Waals surface area (Å²) >= 11 is 5.63. The van der Waals surface area contributed by atoms with E-state index in [9.17, 15) is 8.42 Å². The van der Waals surface area contributed by atoms with Crippen LogP contribution in [0.2, 0.25) is 0 Å². The lowest BCUT2D eigenvalue weighted by molar-refractivity contribution is 0.588. The molecule has 0 aliphatic heterocycles. The molecule has 108 valence electrons. The zero-order chi connectivity index (χ0) is 14.6. The summed E-state index contributed by atoms with van der Waals surface area (Å²) in [6.07, 6.45) is 0. The van der Waals surface area contributed by atoms with Crippen molar-refractivity contribution in [3.63, 3.8) is 0 Å². The number of hydrogen-bond donors (Lipinski definition) is 2. The summed E-state index contributed by atoms with van der Waals surface area (Å²) in [7, 11) is -3.43. The Morgan fingerprint density at radius 3 is 2.90 bits per heavy atom. The van der Waals surface area contributed by atoms with Crippen molar-refractivity contribution in [3.05, 3.63) is 24.3 Å². The van der Waals surface area contributed by atoms with Crippen molar-refractivity contribution < 1.29 is 8.42 Å². The number of hydrogen-bond acceptors (Lipinski definition) is 5. The van der Waals surface area contributed by atoms with E-state index in [4.69, 9.17) is 11.6 Å². The van der Waals surface area contributed by atoms with Crippen LogP contribution in [0.1, 0.15) is 6.92 Å². The van der Waals surface area contributed by atoms with Crippen molar-refractivity contribution >= 4 is 27.3 Å². The predicted molar refractivity (Wildman–Crippen MR) is 76.9 cm³/mol. The molecule has 1 atom stereocenters. The van der Waals surface area contributed by atoms with Gasteiger partial charge in [-0.15, -0.1) is 21.8 Å². The Bertz CT molecular complexity index is 659. The average molecular weight is 316 g/mol. The zero-order valence-electron chi connectivity index (χ0n) is 10.7. The third-order valence-corrected chi connectivity index (χ3v) is 4.59. The number of anilines is 1. The Morgan fingerprint density at radius 1 is 1.45 bits per heavy atom. The van der Waals surface area contributed by atoms with E-state index in [0.29, 0.717) is 23.0 Å². The van der Waals surface area contributed by atoms with Gasteiger partial charge in [0.25, 0.3) is 0 Å². The van der Waals surface area contributed by atoms with Gasteiger partial charge < -0.3 is 0 Å². The molecule has 1 unspecified atom stereocenters. The second-order valence-electron chi connectivity index (χ2n) is 4.46. The number of nitrogens with one attached hydrogen (secondary N) is 2. The van der Waals surface area contributed by atoms with E-state index in [1.807, 2.05) is 0 Å². The summed E-state index contributed by atoms with van der Waals surface area (Å²) < 4.78 is 26.4. The van der Waals surface area contributed by atoms with Crippen LogP contribution in [0.15, 0.2) is 24.3 Å². The van der Waals surface area contributed by atoms with Gasteiger partial charge in [-0.2, -0.15) is 5.21 Å². The fraction of sp³-hybridized carbons (Fsp3) is 0.364. The van der Waals surface area contributed by atoms with Gasteiger partial charge in [0.15, 0.2) is 0 Å². The van der Waals surface area contributed by atoms with Crippen molar-refractivity contribution in [3.8, 4) is 11.4 Å². The Kier molecular flexibility index (Phi) is 4.56. The Balaban J connectivity index is 2.16. The van der Waals surface area contributed by atoms with E-state index in [2.05, 4.69) is 25.3 Å². The number of alkyl halides is 1. The molecule has 1 heterocycles. The van der Waals surface area contributed by atoms with Crippen molar-refractivity contribution in [1.82, 2.24) is 20.6 Å². The van der Waals surface area contributed by atoms with Gasteiger partial charge in [0.1, 0.15) is 0 Å². The van der Waals surface area contributed by atoms with E-state index in [0.717, 1.165) is 0 Å². The molecule has 0 saturated heterocycles. The number of nitrogens with zero attached hydrogens (tertiary/aromatic N) is 3. The predicted octanol–water partition coefficient (Wildman–Crippen LogP) is 1.48. The lowest BCUT2D eigenvalue weighted by atomic mass is 10.2. The van der Waals surface area contributed by atoms with Gasteiger partial charge in [-0.1, -0.05) is 19.1 Å². The molecule has 2 aromatic rings. The fourth-order valence-corrected chi connectivity index (χ4v) is 3.32. The average Bonchev–Trinajstić information content (AvgIpc) is 2.91. The van der Waals surface area contributed by atoms with E-state index in [1.165, 1.54) is 0 Å². The van der Waals surface area contributed by atoms with Gasteiger partial charge in [0.2, 0.25) is 15.8 Å². The summed E-state index contributed by atoms with van der Waals surface area (Å²) in [5.74, 6) is 0.557. The van der Waals surface area contributed by atoms with Crippen LogP contribution in [0.4, 0.5) is 5.69 Å². The normalized spacial score (nSPS) is 13.1. The van der Waals surface area contributed by atoms with Crippen LogP contribution in [0.25, 0.3) is 11.4 Å². The first-order valence-corrected chi connectivity index (χ1v) is 8.09. The first-order chi connectivity index (χ1) is 9.50. The van der Waals surface area contributed by atoms with Crippen LogP contribution in [0.3, 0.4) is 0 Å². The Labute approximate surface area is 121 Å². The van der Waals surface area contributed by atoms with Crippen LogP contribution < -0.4 is 4.72 Å². The van der Waals surface area contributed by atoms with E-state index in [-0.39, 0.29) is 11.7 Å². The minimum Gasteiger partial charge on any atom is -0.284 e. The molecule has 0 aliphatic carbocycles. The molecule has 0 spiro atoms. The molecular weight excluding hydrogens is 302 g/mol. The molecule has 0 fully saturated rings. The topological polar surface area (TPSA) is 101 Å². The highest BCUT2D eigenvalue weighted by atomic mass is 35.5. The number of rotatable bonds is 6. The van der Waals surface area contributed by atoms with Crippen LogP contribution in [-0.2, 0) is 10.0 Å². The van der Waals surface area contributed by atoms with Crippen molar-refractivity contribution in [2.24, 2.45) is 5.92 Å². The highest BCUT2D eigenvalue weighted by Gasteiger charge is 2.15. The third-order valence-electron chi connectivity index (χ3n) is 2.51. The summed E-state index contributed by atoms with van der Waals surface area (Å²) in [5.41, 5.74) is 1.12. The second-order valence-corrected chi connectivity index (χ2v) is 6.53. The lowest BCUT2D eigenvalue weighted by Crippen LogP contribution is -2.22. The van der Waals surface area contributed by atoms with Crippen molar-refractivity contribution in [2.45, 2.75) is 6.92 Å². The van der Waals surface area contributed by atoms with Crippen LogP contribution in [0.5, 0.6) is 0 Å². The monoisotopic (exact) mass is 315 g/mol. The summed E-state index contributed by atoms with van der Waals surface area (Å²) in [6, 6.07) is 6.79. The van der Waals surface area contributed by atoms with Gasteiger partial charge in [0, 0.05) is 17.1 Å². The molecule has 0 radical (unpaired) electrons. The zero-order valence-corrected chi connectivity index (χ0v) is 12.3. The summed E-state index contributed by atoms with van der Waals surface area (Å²) in [4.78, 5) is 0. The number of aromatic nitrogens is 4. The minimum atomic E-state index is -3.43. The largest absolute Gasteiger partial charge is 0.284 e. The quantitative estimate of drug-likeness (QED) is 0.786. The van der Waals surface area contributed by atoms with Gasteiger partial charge >= 0.3 is 0 Å². The molecule has 20 heavy (non-hydrogen) atoms. The van der Waals surface area contributed by atoms with Gasteiger partial charge in [-0.3, -0.25) is 4.72 Å². The Morgan fingerprint density at radius 2 is 2.25 bits per heavy atom. The first kappa shape index (κ1) is 14.7. The van der Waals surface area contributed by atoms with E-state index >= 15 is 0 Å². The van der Waals surface area contributed by atoms with E-state index < -0.39 is 10.0 Å². The standard InChI is InChI=1S/C11H14ClN5O2S/c1-8(6-12)7-20(18,19)15-10-4-2-3-9(5-10)11-13-16-17-14-11/h2-5,8,15H,6-7H2,1H3,(H,13,14,16,17). The van der Waals surface area contributed by atoms with Gasteiger partial charge in [0.05, 0.1) is 5.75 Å². The molecule has 9 heteroatoms. The molecule has 1 aromatic heterocycles. The number of H-pyrrole nitrogens is 1. The van der Waals surface area contributed by atoms with Gasteiger partial charge in [-0.25, -0.2) is 8.42 Å². The molecule has 0 amide bonds. The van der Waals surface area contributed by atoms with Crippen LogP contribution in [-0.4, -0.2) is 40.7 Å². The molecule has 0 bridgehead atoms. The summed E-state index contributed by atoms with van der Waals surface area (Å²) in [5, 5.41) is 13.5. The SMILES string of the molecule is CC(CCl)CS(=O)(=O)Nc1cccc(-c2nn[nH]n2)c1. The van der Waals surface area contributed by atoms with Crippen LogP contribution in [0, 0.1) is 5.92 Å². The Hall–Kier alpha value is -1.67. The van der Waals surface area contributed by atoms with Crippen LogP contribution >= 0.6 is 11.6 Å². The number of halogens is 1. The van der Waals surface area contributed by atoms with E-state index in [1.54, 1.807) is 31.2 Å². The minimum absolute atomic E-state index is 0.0249. The second kappa shape index (κ2) is 6.19. The molecule has 7 nitrogen and oxygen atoms in total. The number of tetrazole rings is 1. The lowest BCUT2D eigenvalue weighted by Gasteiger charge is -2.11. The van der Waals surface area contributed by atoms with Gasteiger partial charge in [-0.05, 0) is 23.3 Å². The highest BCUT2D eigenvalue weighted by Crippen LogP contribution is 2.19. The number of aromatic amines is 1. The maximum atomic E-state index is 11.9. The third kappa shape index (κ3) is 3.91. The highest BCUT2D eigenvalue weighted by molar-refractivity contribution is 7.92. The fourth-order valence-electron chi connectivity index (χ4n) is 1.65. The first-order valence-electron chi connectivity index (χ1n) is 5.90. The number of benzene rings is 1. The summed E-state index contributed by atoms with van der Waals surface area (Å²) in [6.45, 7) is 1.78. The maximum Gasteiger partial charge on any atom is 0.233 e. The smallest absolute Gasteiger partial charge is 0.233 e. The molecule has 2 rings (SSSR count). The maximum absolute atomic E-state index is 11.9. The molecule has 1 aromatic carbocycles. The molecule has 0 saturated carbocycles. The molecular formula is C11H14ClN5O2S. The van der Waals surface area contributed by atoms with Crippen molar-refractivity contribution in [2.75, 3.05) is 16.4 Å². The molecule has 0 aliphatic rings. The number of sulfonamides is 1. The molecule has 2 N–H and O–H groups in total. The van der Waals surface area contributed by atoms with Crippen molar-refractivity contribution in [1.29, 1.82) is 0 Å².